The van der Waals surface area contributed by atoms with Gasteiger partial charge in [0.15, 0.2) is 0 Å². The van der Waals surface area contributed by atoms with E-state index in [1.165, 1.54) is 11.1 Å². The van der Waals surface area contributed by atoms with E-state index in [4.69, 9.17) is 4.74 Å². The molecule has 0 aromatic heterocycles. The molecule has 1 N–H and O–H groups in total. The highest BCUT2D eigenvalue weighted by molar-refractivity contribution is 5.81. The predicted octanol–water partition coefficient (Wildman–Crippen LogP) is 3.23. The molecule has 1 fully saturated rings. The van der Waals surface area contributed by atoms with Crippen LogP contribution in [0.15, 0.2) is 54.6 Å². The molecule has 2 atom stereocenters. The van der Waals surface area contributed by atoms with E-state index in [0.29, 0.717) is 12.5 Å². The van der Waals surface area contributed by atoms with Gasteiger partial charge in [0.2, 0.25) is 5.91 Å². The summed E-state index contributed by atoms with van der Waals surface area (Å²) in [5, 5.41) is 3.08. The minimum absolute atomic E-state index is 0.0837. The van der Waals surface area contributed by atoms with E-state index >= 15 is 0 Å². The van der Waals surface area contributed by atoms with Crippen molar-refractivity contribution in [3.05, 3.63) is 65.7 Å². The first-order valence-electron chi connectivity index (χ1n) is 9.37. The van der Waals surface area contributed by atoms with Crippen LogP contribution in [0.1, 0.15) is 30.4 Å². The fourth-order valence-corrected chi connectivity index (χ4v) is 3.57. The van der Waals surface area contributed by atoms with E-state index < -0.39 is 0 Å². The standard InChI is InChI=1S/C22H28N2O2/c1-17(24-15-13-20(16-24)19-6-4-3-5-7-19)22(25)23-14-12-18-8-10-21(26-2)11-9-18/h3-11,17,20H,12-16H2,1-2H3,(H,23,25)/t17-,20+/m1/s1. The summed E-state index contributed by atoms with van der Waals surface area (Å²) in [5.74, 6) is 1.51. The molecular formula is C22H28N2O2. The molecule has 1 aliphatic rings. The van der Waals surface area contributed by atoms with Crippen LogP contribution in [0.3, 0.4) is 0 Å². The van der Waals surface area contributed by atoms with Gasteiger partial charge in [-0.3, -0.25) is 9.69 Å². The van der Waals surface area contributed by atoms with Crippen LogP contribution in [-0.2, 0) is 11.2 Å². The Morgan fingerprint density at radius 1 is 1.19 bits per heavy atom. The van der Waals surface area contributed by atoms with Crippen molar-refractivity contribution < 1.29 is 9.53 Å². The van der Waals surface area contributed by atoms with Gasteiger partial charge in [0.1, 0.15) is 5.75 Å². The monoisotopic (exact) mass is 352 g/mol. The third kappa shape index (κ3) is 4.64. The molecule has 0 bridgehead atoms. The summed E-state index contributed by atoms with van der Waals surface area (Å²) in [6, 6.07) is 18.5. The van der Waals surface area contributed by atoms with Crippen molar-refractivity contribution in [2.45, 2.75) is 31.7 Å². The Hall–Kier alpha value is -2.33. The molecule has 1 aliphatic heterocycles. The zero-order chi connectivity index (χ0) is 18.4. The molecule has 1 amide bonds. The van der Waals surface area contributed by atoms with Crippen molar-refractivity contribution in [2.24, 2.45) is 0 Å². The van der Waals surface area contributed by atoms with Crippen molar-refractivity contribution in [2.75, 3.05) is 26.7 Å². The Balaban J connectivity index is 1.44. The normalized spacial score (nSPS) is 18.5. The van der Waals surface area contributed by atoms with E-state index in [2.05, 4.69) is 40.5 Å². The second-order valence-corrected chi connectivity index (χ2v) is 6.96. The second kappa shape index (κ2) is 8.86. The lowest BCUT2D eigenvalue weighted by molar-refractivity contribution is -0.125. The van der Waals surface area contributed by atoms with Crippen LogP contribution < -0.4 is 10.1 Å². The first-order chi connectivity index (χ1) is 12.7. The van der Waals surface area contributed by atoms with Crippen LogP contribution in [0.2, 0.25) is 0 Å². The van der Waals surface area contributed by atoms with E-state index in [0.717, 1.165) is 31.7 Å². The molecule has 0 radical (unpaired) electrons. The van der Waals surface area contributed by atoms with E-state index in [-0.39, 0.29) is 11.9 Å². The number of likely N-dealkylation sites (tertiary alicyclic amines) is 1. The molecule has 1 saturated heterocycles. The predicted molar refractivity (Wildman–Crippen MR) is 105 cm³/mol. The minimum Gasteiger partial charge on any atom is -0.497 e. The lowest BCUT2D eigenvalue weighted by Gasteiger charge is -2.23. The van der Waals surface area contributed by atoms with Gasteiger partial charge in [-0.25, -0.2) is 0 Å². The largest absolute Gasteiger partial charge is 0.497 e. The lowest BCUT2D eigenvalue weighted by atomic mass is 9.99. The number of carbonyl (C=O) groups is 1. The zero-order valence-electron chi connectivity index (χ0n) is 15.7. The van der Waals surface area contributed by atoms with Gasteiger partial charge in [-0.05, 0) is 55.5 Å². The summed E-state index contributed by atoms with van der Waals surface area (Å²) >= 11 is 0. The number of amides is 1. The number of carbonyl (C=O) groups excluding carboxylic acids is 1. The molecule has 0 unspecified atom stereocenters. The second-order valence-electron chi connectivity index (χ2n) is 6.96. The fourth-order valence-electron chi connectivity index (χ4n) is 3.57. The molecular weight excluding hydrogens is 324 g/mol. The Labute approximate surface area is 156 Å². The van der Waals surface area contributed by atoms with Gasteiger partial charge >= 0.3 is 0 Å². The smallest absolute Gasteiger partial charge is 0.237 e. The molecule has 0 spiro atoms. The van der Waals surface area contributed by atoms with Gasteiger partial charge in [0, 0.05) is 13.1 Å². The molecule has 2 aromatic rings. The molecule has 0 saturated carbocycles. The fraction of sp³-hybridized carbons (Fsp3) is 0.409. The third-order valence-corrected chi connectivity index (χ3v) is 5.29. The van der Waals surface area contributed by atoms with E-state index in [1.54, 1.807) is 7.11 Å². The maximum atomic E-state index is 12.5. The first-order valence-corrected chi connectivity index (χ1v) is 9.37. The van der Waals surface area contributed by atoms with Crippen LogP contribution in [-0.4, -0.2) is 43.6 Å². The Kier molecular flexibility index (Phi) is 6.29. The van der Waals surface area contributed by atoms with Crippen LogP contribution in [0.5, 0.6) is 5.75 Å². The van der Waals surface area contributed by atoms with Crippen molar-refractivity contribution in [3.8, 4) is 5.75 Å². The molecule has 2 aromatic carbocycles. The summed E-state index contributed by atoms with van der Waals surface area (Å²) in [6.07, 6.45) is 1.95. The number of nitrogens with one attached hydrogen (secondary N) is 1. The number of rotatable bonds is 7. The minimum atomic E-state index is -0.0837. The van der Waals surface area contributed by atoms with Gasteiger partial charge in [0.05, 0.1) is 13.2 Å². The number of benzene rings is 2. The number of nitrogens with zero attached hydrogens (tertiary/aromatic N) is 1. The summed E-state index contributed by atoms with van der Waals surface area (Å²) in [6.45, 7) is 4.60. The van der Waals surface area contributed by atoms with Gasteiger partial charge in [-0.1, -0.05) is 42.5 Å². The highest BCUT2D eigenvalue weighted by Crippen LogP contribution is 2.28. The summed E-state index contributed by atoms with van der Waals surface area (Å²) in [7, 11) is 1.66. The molecule has 3 rings (SSSR count). The van der Waals surface area contributed by atoms with Crippen LogP contribution in [0, 0.1) is 0 Å². The number of hydrogen-bond acceptors (Lipinski definition) is 3. The van der Waals surface area contributed by atoms with Gasteiger partial charge in [0.25, 0.3) is 0 Å². The number of ether oxygens (including phenoxy) is 1. The highest BCUT2D eigenvalue weighted by atomic mass is 16.5. The van der Waals surface area contributed by atoms with Crippen molar-refractivity contribution >= 4 is 5.91 Å². The first kappa shape index (κ1) is 18.5. The zero-order valence-corrected chi connectivity index (χ0v) is 15.7. The van der Waals surface area contributed by atoms with Gasteiger partial charge in [-0.15, -0.1) is 0 Å². The van der Waals surface area contributed by atoms with Crippen LogP contribution in [0.25, 0.3) is 0 Å². The molecule has 26 heavy (non-hydrogen) atoms. The van der Waals surface area contributed by atoms with E-state index in [1.807, 2.05) is 31.2 Å². The Bertz CT molecular complexity index is 700. The van der Waals surface area contributed by atoms with Gasteiger partial charge in [-0.2, -0.15) is 0 Å². The quantitative estimate of drug-likeness (QED) is 0.832. The highest BCUT2D eigenvalue weighted by Gasteiger charge is 2.30. The topological polar surface area (TPSA) is 41.6 Å². The van der Waals surface area contributed by atoms with Crippen molar-refractivity contribution in [3.63, 3.8) is 0 Å². The van der Waals surface area contributed by atoms with Crippen LogP contribution in [0.4, 0.5) is 0 Å². The third-order valence-electron chi connectivity index (χ3n) is 5.29. The summed E-state index contributed by atoms with van der Waals surface area (Å²) < 4.78 is 5.17. The summed E-state index contributed by atoms with van der Waals surface area (Å²) in [4.78, 5) is 14.8. The maximum Gasteiger partial charge on any atom is 0.237 e. The van der Waals surface area contributed by atoms with Gasteiger partial charge < -0.3 is 10.1 Å². The Morgan fingerprint density at radius 3 is 2.62 bits per heavy atom. The summed E-state index contributed by atoms with van der Waals surface area (Å²) in [5.41, 5.74) is 2.58. The maximum absolute atomic E-state index is 12.5. The molecule has 4 heteroatoms. The van der Waals surface area contributed by atoms with E-state index in [9.17, 15) is 4.79 Å². The average Bonchev–Trinajstić information content (AvgIpc) is 3.18. The average molecular weight is 352 g/mol. The molecule has 138 valence electrons. The Morgan fingerprint density at radius 2 is 1.92 bits per heavy atom. The molecule has 0 aliphatic carbocycles. The number of methoxy groups -OCH3 is 1. The van der Waals surface area contributed by atoms with Crippen molar-refractivity contribution in [1.29, 1.82) is 0 Å². The van der Waals surface area contributed by atoms with Crippen LogP contribution >= 0.6 is 0 Å². The number of hydrogen-bond donors (Lipinski definition) is 1. The molecule has 4 nitrogen and oxygen atoms in total. The SMILES string of the molecule is COc1ccc(CCNC(=O)[C@@H](C)N2CC[C@H](c3ccccc3)C2)cc1. The lowest BCUT2D eigenvalue weighted by Crippen LogP contribution is -2.44. The molecule has 1 heterocycles. The van der Waals surface area contributed by atoms with Crippen molar-refractivity contribution in [1.82, 2.24) is 10.2 Å².